The second kappa shape index (κ2) is 7.18. The van der Waals surface area contributed by atoms with Crippen LogP contribution in [0.1, 0.15) is 37.6 Å². The number of hydrogen-bond acceptors (Lipinski definition) is 4. The van der Waals surface area contributed by atoms with E-state index < -0.39 is 0 Å². The van der Waals surface area contributed by atoms with Gasteiger partial charge in [-0.1, -0.05) is 6.92 Å². The van der Waals surface area contributed by atoms with Crippen molar-refractivity contribution in [3.63, 3.8) is 0 Å². The minimum atomic E-state index is 0.273. The second-order valence-corrected chi connectivity index (χ2v) is 5.14. The summed E-state index contributed by atoms with van der Waals surface area (Å²) in [7, 11) is 1.66. The number of rotatable bonds is 6. The molecule has 4 heteroatoms. The molecular weight excluding hydrogens is 262 g/mol. The van der Waals surface area contributed by atoms with E-state index in [9.17, 15) is 0 Å². The summed E-state index contributed by atoms with van der Waals surface area (Å²) in [6, 6.07) is 8.08. The minimum absolute atomic E-state index is 0.273. The average Bonchev–Trinajstić information content (AvgIpc) is 2.52. The Morgan fingerprint density at radius 3 is 2.52 bits per heavy atom. The van der Waals surface area contributed by atoms with E-state index in [4.69, 9.17) is 4.74 Å². The molecule has 1 atom stereocenters. The molecule has 1 aromatic carbocycles. The van der Waals surface area contributed by atoms with Gasteiger partial charge in [0.25, 0.3) is 0 Å². The first-order valence-electron chi connectivity index (χ1n) is 7.37. The van der Waals surface area contributed by atoms with Gasteiger partial charge >= 0.3 is 0 Å². The Kier molecular flexibility index (Phi) is 5.28. The van der Waals surface area contributed by atoms with Crippen LogP contribution in [0, 0.1) is 6.92 Å². The van der Waals surface area contributed by atoms with Crippen molar-refractivity contribution < 1.29 is 4.74 Å². The van der Waals surface area contributed by atoms with E-state index in [0.717, 1.165) is 41.4 Å². The first kappa shape index (κ1) is 15.4. The Bertz CT molecular complexity index is 581. The zero-order chi connectivity index (χ0) is 15.2. The zero-order valence-electron chi connectivity index (χ0n) is 13.2. The van der Waals surface area contributed by atoms with E-state index in [2.05, 4.69) is 29.1 Å². The summed E-state index contributed by atoms with van der Waals surface area (Å²) in [6.07, 6.45) is 3.05. The largest absolute Gasteiger partial charge is 0.497 e. The standard InChI is InChI=1S/C17H23N3O/c1-5-10-18-12(2)16-11-19-17(20-13(16)3)14-6-8-15(21-4)9-7-14/h6-9,11-12,18H,5,10H2,1-4H3. The topological polar surface area (TPSA) is 47.0 Å². The lowest BCUT2D eigenvalue weighted by Crippen LogP contribution is -2.20. The number of methoxy groups -OCH3 is 1. The van der Waals surface area contributed by atoms with Crippen molar-refractivity contribution in [2.24, 2.45) is 0 Å². The first-order chi connectivity index (χ1) is 10.2. The maximum absolute atomic E-state index is 5.17. The molecule has 1 unspecified atom stereocenters. The van der Waals surface area contributed by atoms with Gasteiger partial charge in [0, 0.05) is 29.1 Å². The highest BCUT2D eigenvalue weighted by Crippen LogP contribution is 2.22. The number of ether oxygens (including phenoxy) is 1. The van der Waals surface area contributed by atoms with Crippen LogP contribution in [0.25, 0.3) is 11.4 Å². The summed E-state index contributed by atoms with van der Waals surface area (Å²) in [6.45, 7) is 7.35. The van der Waals surface area contributed by atoms with Crippen molar-refractivity contribution >= 4 is 0 Å². The highest BCUT2D eigenvalue weighted by molar-refractivity contribution is 5.56. The summed E-state index contributed by atoms with van der Waals surface area (Å²) < 4.78 is 5.17. The number of aromatic nitrogens is 2. The lowest BCUT2D eigenvalue weighted by atomic mass is 10.1. The van der Waals surface area contributed by atoms with Crippen molar-refractivity contribution in [1.82, 2.24) is 15.3 Å². The van der Waals surface area contributed by atoms with Crippen LogP contribution in [0.2, 0.25) is 0 Å². The summed E-state index contributed by atoms with van der Waals surface area (Å²) in [4.78, 5) is 9.14. The van der Waals surface area contributed by atoms with Gasteiger partial charge in [-0.15, -0.1) is 0 Å². The molecular formula is C17H23N3O. The molecule has 0 saturated heterocycles. The van der Waals surface area contributed by atoms with Crippen molar-refractivity contribution in [2.45, 2.75) is 33.2 Å². The fourth-order valence-electron chi connectivity index (χ4n) is 2.25. The van der Waals surface area contributed by atoms with E-state index in [1.165, 1.54) is 0 Å². The van der Waals surface area contributed by atoms with Gasteiger partial charge in [0.2, 0.25) is 0 Å². The minimum Gasteiger partial charge on any atom is -0.497 e. The Morgan fingerprint density at radius 1 is 1.24 bits per heavy atom. The van der Waals surface area contributed by atoms with Gasteiger partial charge in [0.1, 0.15) is 5.75 Å². The molecule has 0 radical (unpaired) electrons. The van der Waals surface area contributed by atoms with Crippen LogP contribution in [0.4, 0.5) is 0 Å². The molecule has 0 bridgehead atoms. The smallest absolute Gasteiger partial charge is 0.159 e. The fraction of sp³-hybridized carbons (Fsp3) is 0.412. The molecule has 0 saturated carbocycles. The molecule has 4 nitrogen and oxygen atoms in total. The van der Waals surface area contributed by atoms with Crippen molar-refractivity contribution in [3.8, 4) is 17.1 Å². The van der Waals surface area contributed by atoms with E-state index in [1.54, 1.807) is 7.11 Å². The van der Waals surface area contributed by atoms with Crippen LogP contribution < -0.4 is 10.1 Å². The molecule has 1 aromatic heterocycles. The summed E-state index contributed by atoms with van der Waals surface area (Å²) in [5, 5.41) is 3.47. The van der Waals surface area contributed by atoms with E-state index in [1.807, 2.05) is 37.4 Å². The molecule has 0 amide bonds. The molecule has 0 fully saturated rings. The Hall–Kier alpha value is -1.94. The number of benzene rings is 1. The van der Waals surface area contributed by atoms with Crippen molar-refractivity contribution in [2.75, 3.05) is 13.7 Å². The Morgan fingerprint density at radius 2 is 1.95 bits per heavy atom. The van der Waals surface area contributed by atoms with Gasteiger partial charge in [-0.2, -0.15) is 0 Å². The van der Waals surface area contributed by atoms with Crippen LogP contribution in [-0.4, -0.2) is 23.6 Å². The quantitative estimate of drug-likeness (QED) is 0.882. The molecule has 1 heterocycles. The normalized spacial score (nSPS) is 12.2. The summed E-state index contributed by atoms with van der Waals surface area (Å²) in [5.41, 5.74) is 3.17. The number of hydrogen-bond donors (Lipinski definition) is 1. The van der Waals surface area contributed by atoms with Gasteiger partial charge in [-0.05, 0) is 51.1 Å². The molecule has 0 aliphatic rings. The van der Waals surface area contributed by atoms with E-state index >= 15 is 0 Å². The van der Waals surface area contributed by atoms with Crippen molar-refractivity contribution in [1.29, 1.82) is 0 Å². The molecule has 0 aliphatic heterocycles. The van der Waals surface area contributed by atoms with Gasteiger partial charge in [0.15, 0.2) is 5.82 Å². The van der Waals surface area contributed by atoms with Gasteiger partial charge in [-0.25, -0.2) is 9.97 Å². The second-order valence-electron chi connectivity index (χ2n) is 5.14. The monoisotopic (exact) mass is 285 g/mol. The third kappa shape index (κ3) is 3.79. The SMILES string of the molecule is CCCNC(C)c1cnc(-c2ccc(OC)cc2)nc1C. The van der Waals surface area contributed by atoms with Gasteiger partial charge in [-0.3, -0.25) is 0 Å². The predicted octanol–water partition coefficient (Wildman–Crippen LogP) is 3.52. The zero-order valence-corrected chi connectivity index (χ0v) is 13.2. The lowest BCUT2D eigenvalue weighted by Gasteiger charge is -2.15. The van der Waals surface area contributed by atoms with Crippen LogP contribution in [0.3, 0.4) is 0 Å². The summed E-state index contributed by atoms with van der Waals surface area (Å²) >= 11 is 0. The highest BCUT2D eigenvalue weighted by Gasteiger charge is 2.11. The number of nitrogens with one attached hydrogen (secondary N) is 1. The molecule has 2 aromatic rings. The molecule has 1 N–H and O–H groups in total. The fourth-order valence-corrected chi connectivity index (χ4v) is 2.25. The average molecular weight is 285 g/mol. The Labute approximate surface area is 126 Å². The first-order valence-corrected chi connectivity index (χ1v) is 7.37. The van der Waals surface area contributed by atoms with Crippen LogP contribution in [0.5, 0.6) is 5.75 Å². The molecule has 0 aliphatic carbocycles. The number of aryl methyl sites for hydroxylation is 1. The number of nitrogens with zero attached hydrogens (tertiary/aromatic N) is 2. The molecule has 112 valence electrons. The molecule has 21 heavy (non-hydrogen) atoms. The lowest BCUT2D eigenvalue weighted by molar-refractivity contribution is 0.415. The van der Waals surface area contributed by atoms with Gasteiger partial charge < -0.3 is 10.1 Å². The van der Waals surface area contributed by atoms with Crippen molar-refractivity contribution in [3.05, 3.63) is 41.7 Å². The van der Waals surface area contributed by atoms with Gasteiger partial charge in [0.05, 0.1) is 7.11 Å². The maximum atomic E-state index is 5.17. The van der Waals surface area contributed by atoms with Crippen LogP contribution in [0.15, 0.2) is 30.5 Å². The van der Waals surface area contributed by atoms with E-state index in [0.29, 0.717) is 0 Å². The molecule has 0 spiro atoms. The molecule has 2 rings (SSSR count). The Balaban J connectivity index is 2.21. The predicted molar refractivity (Wildman–Crippen MR) is 85.5 cm³/mol. The summed E-state index contributed by atoms with van der Waals surface area (Å²) in [5.74, 6) is 1.59. The third-order valence-corrected chi connectivity index (χ3v) is 3.53. The maximum Gasteiger partial charge on any atom is 0.159 e. The van der Waals surface area contributed by atoms with E-state index in [-0.39, 0.29) is 6.04 Å². The third-order valence-electron chi connectivity index (χ3n) is 3.53. The van der Waals surface area contributed by atoms with Crippen LogP contribution in [-0.2, 0) is 0 Å². The van der Waals surface area contributed by atoms with Crippen LogP contribution >= 0.6 is 0 Å². The highest BCUT2D eigenvalue weighted by atomic mass is 16.5.